The SMILES string of the molecule is C=CC(=O)O.C=CC(=O)O.C=CC(=O)O.C=CC(=O)O.C=CC(=O)O.C=CC(=O)O.C=CC(=O)O.C=CC(=O)O.C=CC(=O)O.C=CC(=O)O.C=CC(=O)O.C=CC(=O)O.OCC(CO)(CO)CO.OCC(CO)(CO)CO.OCC(CO)(CO)CO.OCC(CO)(CO)CO.OCC(CO)(CO)CO. The zero-order chi connectivity index (χ0) is 88.1. The van der Waals surface area contributed by atoms with E-state index in [9.17, 15) is 57.5 Å². The molecule has 44 nitrogen and oxygen atoms in total. The highest BCUT2D eigenvalue weighted by Gasteiger charge is 2.29. The van der Waals surface area contributed by atoms with Gasteiger partial charge in [-0.15, -0.1) is 0 Å². The number of hydrogen-bond acceptors (Lipinski definition) is 32. The van der Waals surface area contributed by atoms with E-state index in [1.165, 1.54) is 0 Å². The third-order valence-corrected chi connectivity index (χ3v) is 8.80. The lowest BCUT2D eigenvalue weighted by Gasteiger charge is -2.23. The number of aliphatic hydroxyl groups excluding tert-OH is 20. The minimum Gasteiger partial charge on any atom is -0.478 e. The van der Waals surface area contributed by atoms with Crippen LogP contribution in [0.2, 0.25) is 0 Å². The highest BCUT2D eigenvalue weighted by molar-refractivity contribution is 5.82. The van der Waals surface area contributed by atoms with Crippen molar-refractivity contribution in [2.75, 3.05) is 132 Å². The highest BCUT2D eigenvalue weighted by atomic mass is 16.4. The average molecular weight is 1550 g/mol. The van der Waals surface area contributed by atoms with Crippen LogP contribution >= 0.6 is 0 Å². The molecule has 0 aliphatic heterocycles. The van der Waals surface area contributed by atoms with Crippen molar-refractivity contribution in [1.82, 2.24) is 0 Å². The number of carboxylic acids is 12. The predicted molar refractivity (Wildman–Crippen MR) is 368 cm³/mol. The summed E-state index contributed by atoms with van der Waals surface area (Å²) in [5, 5.41) is 261. The van der Waals surface area contributed by atoms with E-state index >= 15 is 0 Å². The van der Waals surface area contributed by atoms with Crippen molar-refractivity contribution < 1.29 is 221 Å². The van der Waals surface area contributed by atoms with Gasteiger partial charge >= 0.3 is 71.6 Å². The molecule has 0 aromatic rings. The molecule has 0 heterocycles. The lowest BCUT2D eigenvalue weighted by Crippen LogP contribution is -2.37. The van der Waals surface area contributed by atoms with Crippen molar-refractivity contribution in [1.29, 1.82) is 0 Å². The molecular formula is C61H108O44. The fourth-order valence-corrected chi connectivity index (χ4v) is 1.50. The molecule has 0 rings (SSSR count). The van der Waals surface area contributed by atoms with Crippen LogP contribution in [0.4, 0.5) is 0 Å². The van der Waals surface area contributed by atoms with Crippen molar-refractivity contribution in [3.05, 3.63) is 152 Å². The second kappa shape index (κ2) is 105. The van der Waals surface area contributed by atoms with Crippen LogP contribution in [0.1, 0.15) is 0 Å². The molecule has 0 radical (unpaired) electrons. The van der Waals surface area contributed by atoms with Crippen LogP contribution in [0, 0.1) is 27.1 Å². The maximum absolute atomic E-state index is 9.25. The molecule has 32 N–H and O–H groups in total. The molecular weight excluding hydrogens is 1440 g/mol. The minimum absolute atomic E-state index is 0.406. The van der Waals surface area contributed by atoms with Crippen LogP contribution in [0.5, 0.6) is 0 Å². The molecule has 0 atom stereocenters. The van der Waals surface area contributed by atoms with Gasteiger partial charge in [0.25, 0.3) is 0 Å². The smallest absolute Gasteiger partial charge is 0.327 e. The van der Waals surface area contributed by atoms with Gasteiger partial charge in [0.15, 0.2) is 0 Å². The van der Waals surface area contributed by atoms with Gasteiger partial charge in [-0.1, -0.05) is 78.9 Å². The topological polar surface area (TPSA) is 852 Å². The second-order valence-electron chi connectivity index (χ2n) is 17.2. The summed E-state index contributed by atoms with van der Waals surface area (Å²) in [6, 6.07) is 0. The lowest BCUT2D eigenvalue weighted by molar-refractivity contribution is -0.132. The Bertz CT molecular complexity index is 1720. The molecule has 0 aromatic carbocycles. The van der Waals surface area contributed by atoms with E-state index in [0.29, 0.717) is 0 Å². The number of carboxylic acid groups (broad SMARTS) is 12. The van der Waals surface area contributed by atoms with E-state index < -0.39 is 231 Å². The molecule has 0 fully saturated rings. The van der Waals surface area contributed by atoms with Gasteiger partial charge in [-0.2, -0.15) is 0 Å². The van der Waals surface area contributed by atoms with Crippen molar-refractivity contribution in [2.45, 2.75) is 0 Å². The highest BCUT2D eigenvalue weighted by Crippen LogP contribution is 2.14. The molecule has 0 saturated carbocycles. The first-order chi connectivity index (χ1) is 48.5. The fourth-order valence-electron chi connectivity index (χ4n) is 1.50. The molecule has 0 aliphatic rings. The van der Waals surface area contributed by atoms with Gasteiger partial charge in [0.05, 0.1) is 159 Å². The maximum Gasteiger partial charge on any atom is 0.327 e. The zero-order valence-corrected chi connectivity index (χ0v) is 57.3. The Morgan fingerprint density at radius 2 is 0.171 bits per heavy atom. The lowest BCUT2D eigenvalue weighted by atomic mass is 9.93. The Morgan fingerprint density at radius 1 is 0.143 bits per heavy atom. The standard InChI is InChI=1S/5C5H12O4.12C3H4O2/c5*6-1-5(2-7,3-8)4-9;12*1-2-3(4)5/h5*6-9H,1-4H2;12*2H,1H2,(H,4,5). The van der Waals surface area contributed by atoms with Crippen LogP contribution in [-0.4, -0.2) is 367 Å². The third-order valence-electron chi connectivity index (χ3n) is 8.80. The zero-order valence-electron chi connectivity index (χ0n) is 57.3. The van der Waals surface area contributed by atoms with E-state index in [4.69, 9.17) is 163 Å². The summed E-state index contributed by atoms with van der Waals surface area (Å²) in [5.41, 5.74) is -5.56. The first-order valence-corrected chi connectivity index (χ1v) is 26.9. The monoisotopic (exact) mass is 1540 g/mol. The summed E-state index contributed by atoms with van der Waals surface area (Å²) in [6.07, 6.45) is 10.0. The summed E-state index contributed by atoms with van der Waals surface area (Å²) in [5.74, 6) is -11.8. The van der Waals surface area contributed by atoms with Gasteiger partial charge in [0.2, 0.25) is 0 Å². The second-order valence-corrected chi connectivity index (χ2v) is 17.2. The molecule has 105 heavy (non-hydrogen) atoms. The Labute approximate surface area is 602 Å². The molecule has 0 aliphatic carbocycles. The minimum atomic E-state index is -1.11. The van der Waals surface area contributed by atoms with Crippen LogP contribution < -0.4 is 0 Å². The van der Waals surface area contributed by atoms with Crippen LogP contribution in [0.25, 0.3) is 0 Å². The largest absolute Gasteiger partial charge is 0.478 e. The van der Waals surface area contributed by atoms with Gasteiger partial charge in [0.1, 0.15) is 0 Å². The molecule has 0 amide bonds. The summed E-state index contributed by atoms with van der Waals surface area (Å²) in [7, 11) is 0. The van der Waals surface area contributed by atoms with Gasteiger partial charge in [-0.25, -0.2) is 57.5 Å². The normalized spacial score (nSPS) is 8.80. The molecule has 0 bridgehead atoms. The van der Waals surface area contributed by atoms with Gasteiger partial charge in [-0.3, -0.25) is 0 Å². The van der Waals surface area contributed by atoms with E-state index in [-0.39, 0.29) is 0 Å². The Hall–Kier alpha value is -10.3. The molecule has 44 heteroatoms. The number of hydrogen-bond donors (Lipinski definition) is 32. The maximum atomic E-state index is 9.25. The number of carbonyl (C=O) groups is 12. The van der Waals surface area contributed by atoms with E-state index in [1.807, 2.05) is 0 Å². The van der Waals surface area contributed by atoms with Gasteiger partial charge < -0.3 is 163 Å². The van der Waals surface area contributed by atoms with Crippen molar-refractivity contribution in [2.24, 2.45) is 27.1 Å². The van der Waals surface area contributed by atoms with E-state index in [1.54, 1.807) is 0 Å². The molecule has 0 unspecified atom stereocenters. The summed E-state index contributed by atoms with van der Waals surface area (Å²) >= 11 is 0. The molecule has 0 saturated heterocycles. The molecule has 0 spiro atoms. The van der Waals surface area contributed by atoms with E-state index in [2.05, 4.69) is 78.9 Å². The average Bonchev–Trinajstić information content (AvgIpc) is 0.956. The van der Waals surface area contributed by atoms with Crippen LogP contribution in [-0.2, 0) is 57.5 Å². The summed E-state index contributed by atoms with van der Waals surface area (Å²) in [6.45, 7) is 27.4. The van der Waals surface area contributed by atoms with Crippen LogP contribution in [0.3, 0.4) is 0 Å². The molecule has 0 aromatic heterocycles. The first-order valence-electron chi connectivity index (χ1n) is 26.9. The fraction of sp³-hybridized carbons (Fsp3) is 0.410. The first kappa shape index (κ1) is 138. The number of aliphatic hydroxyl groups is 20. The van der Waals surface area contributed by atoms with Gasteiger partial charge in [-0.05, 0) is 0 Å². The van der Waals surface area contributed by atoms with Crippen molar-refractivity contribution >= 4 is 71.6 Å². The van der Waals surface area contributed by atoms with Gasteiger partial charge in [0, 0.05) is 72.9 Å². The number of aliphatic carboxylic acids is 12. The van der Waals surface area contributed by atoms with Crippen molar-refractivity contribution in [3.8, 4) is 0 Å². The van der Waals surface area contributed by atoms with E-state index in [0.717, 1.165) is 72.9 Å². The Kier molecular flexibility index (Phi) is 137. The predicted octanol–water partition coefficient (Wildman–Crippen LogP) is -7.21. The molecule has 616 valence electrons. The Balaban J connectivity index is -0.0000000526. The summed E-state index contributed by atoms with van der Waals surface area (Å²) in [4.78, 5) is 111. The van der Waals surface area contributed by atoms with Crippen molar-refractivity contribution in [3.63, 3.8) is 0 Å². The summed E-state index contributed by atoms with van der Waals surface area (Å²) < 4.78 is 0. The Morgan fingerprint density at radius 3 is 0.171 bits per heavy atom. The third kappa shape index (κ3) is 145. The number of rotatable bonds is 32. The quantitative estimate of drug-likeness (QED) is 0.0278. The van der Waals surface area contributed by atoms with Crippen LogP contribution in [0.15, 0.2) is 152 Å².